The zero-order chi connectivity index (χ0) is 15.6. The van der Waals surface area contributed by atoms with E-state index >= 15 is 0 Å². The molecule has 0 saturated heterocycles. The van der Waals surface area contributed by atoms with E-state index in [-0.39, 0.29) is 6.04 Å². The summed E-state index contributed by atoms with van der Waals surface area (Å²) in [6.07, 6.45) is 0.710. The van der Waals surface area contributed by atoms with E-state index in [9.17, 15) is 8.42 Å². The average molecular weight is 324 g/mol. The van der Waals surface area contributed by atoms with Crippen LogP contribution in [0.1, 0.15) is 17.4 Å². The Kier molecular flexibility index (Phi) is 4.70. The fourth-order valence-corrected chi connectivity index (χ4v) is 4.59. The van der Waals surface area contributed by atoms with Gasteiger partial charge in [-0.25, -0.2) is 8.42 Å². The number of thiophene rings is 1. The summed E-state index contributed by atoms with van der Waals surface area (Å²) in [6.45, 7) is 3.69. The van der Waals surface area contributed by atoms with Crippen LogP contribution in [-0.4, -0.2) is 25.8 Å². The first-order valence-electron chi connectivity index (χ1n) is 6.69. The predicted octanol–water partition coefficient (Wildman–Crippen LogP) is 2.89. The molecule has 2 aromatic rings. The molecule has 0 aliphatic heterocycles. The fraction of sp³-hybridized carbons (Fsp3) is 0.333. The van der Waals surface area contributed by atoms with Crippen molar-refractivity contribution in [2.45, 2.75) is 31.2 Å². The Morgan fingerprint density at radius 2 is 2.05 bits per heavy atom. The van der Waals surface area contributed by atoms with Crippen molar-refractivity contribution in [3.8, 4) is 0 Å². The third-order valence-electron chi connectivity index (χ3n) is 3.55. The number of hydrogen-bond acceptors (Lipinski definition) is 4. The minimum atomic E-state index is -3.51. The van der Waals surface area contributed by atoms with Gasteiger partial charge >= 0.3 is 0 Å². The van der Waals surface area contributed by atoms with Crippen LogP contribution in [0.5, 0.6) is 0 Å². The number of nitrogens with zero attached hydrogens (tertiary/aromatic N) is 1. The minimum absolute atomic E-state index is 0.106. The summed E-state index contributed by atoms with van der Waals surface area (Å²) in [5.74, 6) is 0. The summed E-state index contributed by atoms with van der Waals surface area (Å²) in [7, 11) is -1.88. The number of likely N-dealkylation sites (N-methyl/N-ethyl adjacent to an activating group) is 1. The number of nitrogens with two attached hydrogens (primary N) is 1. The molecule has 2 rings (SSSR count). The Balaban J connectivity index is 2.25. The maximum absolute atomic E-state index is 12.7. The highest BCUT2D eigenvalue weighted by Gasteiger charge is 2.27. The lowest BCUT2D eigenvalue weighted by atomic mass is 10.2. The molecule has 1 atom stereocenters. The second kappa shape index (κ2) is 6.17. The van der Waals surface area contributed by atoms with Crippen molar-refractivity contribution in [1.29, 1.82) is 0 Å². The summed E-state index contributed by atoms with van der Waals surface area (Å²) < 4.78 is 26.9. The second-order valence-electron chi connectivity index (χ2n) is 5.18. The highest BCUT2D eigenvalue weighted by Crippen LogP contribution is 2.24. The van der Waals surface area contributed by atoms with Crippen LogP contribution >= 0.6 is 11.3 Å². The zero-order valence-corrected chi connectivity index (χ0v) is 14.0. The first-order chi connectivity index (χ1) is 9.82. The van der Waals surface area contributed by atoms with E-state index in [1.807, 2.05) is 24.4 Å². The molecule has 1 aromatic heterocycles. The van der Waals surface area contributed by atoms with Crippen LogP contribution in [0.25, 0.3) is 0 Å². The van der Waals surface area contributed by atoms with E-state index in [0.29, 0.717) is 22.6 Å². The van der Waals surface area contributed by atoms with Crippen LogP contribution in [0.15, 0.2) is 40.6 Å². The molecule has 0 bridgehead atoms. The highest BCUT2D eigenvalue weighted by molar-refractivity contribution is 7.89. The van der Waals surface area contributed by atoms with Crippen LogP contribution in [-0.2, 0) is 16.4 Å². The summed E-state index contributed by atoms with van der Waals surface area (Å²) in [5, 5.41) is 2.00. The second-order valence-corrected chi connectivity index (χ2v) is 8.18. The van der Waals surface area contributed by atoms with Crippen molar-refractivity contribution in [2.75, 3.05) is 12.8 Å². The van der Waals surface area contributed by atoms with Gasteiger partial charge in [-0.3, -0.25) is 0 Å². The molecule has 0 aliphatic carbocycles. The van der Waals surface area contributed by atoms with E-state index in [2.05, 4.69) is 0 Å². The van der Waals surface area contributed by atoms with Crippen molar-refractivity contribution in [3.05, 3.63) is 46.2 Å². The van der Waals surface area contributed by atoms with E-state index in [0.717, 1.165) is 0 Å². The van der Waals surface area contributed by atoms with Crippen LogP contribution < -0.4 is 5.73 Å². The zero-order valence-electron chi connectivity index (χ0n) is 12.4. The van der Waals surface area contributed by atoms with Gasteiger partial charge in [-0.15, -0.1) is 11.3 Å². The van der Waals surface area contributed by atoms with Crippen molar-refractivity contribution < 1.29 is 8.42 Å². The van der Waals surface area contributed by atoms with Crippen molar-refractivity contribution in [1.82, 2.24) is 4.31 Å². The van der Waals surface area contributed by atoms with Gasteiger partial charge < -0.3 is 5.73 Å². The SMILES string of the molecule is Cc1cc(N)ccc1S(=O)(=O)N(C)C(C)Cc1cccs1. The van der Waals surface area contributed by atoms with Crippen LogP contribution in [0.3, 0.4) is 0 Å². The quantitative estimate of drug-likeness (QED) is 0.860. The van der Waals surface area contributed by atoms with Gasteiger partial charge in [0.05, 0.1) is 4.90 Å². The van der Waals surface area contributed by atoms with E-state index in [1.54, 1.807) is 43.5 Å². The molecular weight excluding hydrogens is 304 g/mol. The number of nitrogen functional groups attached to an aromatic ring is 1. The third-order valence-corrected chi connectivity index (χ3v) is 6.58. The minimum Gasteiger partial charge on any atom is -0.399 e. The number of benzene rings is 1. The van der Waals surface area contributed by atoms with Crippen LogP contribution in [0.4, 0.5) is 5.69 Å². The van der Waals surface area contributed by atoms with Gasteiger partial charge in [-0.1, -0.05) is 6.07 Å². The van der Waals surface area contributed by atoms with Crippen LogP contribution in [0, 0.1) is 6.92 Å². The Morgan fingerprint density at radius 3 is 2.62 bits per heavy atom. The predicted molar refractivity (Wildman–Crippen MR) is 88.0 cm³/mol. The molecule has 0 spiro atoms. The number of aryl methyl sites for hydroxylation is 1. The highest BCUT2D eigenvalue weighted by atomic mass is 32.2. The van der Waals surface area contributed by atoms with Gasteiger partial charge in [0.2, 0.25) is 10.0 Å². The molecule has 4 nitrogen and oxygen atoms in total. The maximum Gasteiger partial charge on any atom is 0.243 e. The molecular formula is C15H20N2O2S2. The maximum atomic E-state index is 12.7. The van der Waals surface area contributed by atoms with E-state index in [1.165, 1.54) is 9.18 Å². The van der Waals surface area contributed by atoms with Gasteiger partial charge in [0.1, 0.15) is 0 Å². The molecule has 0 radical (unpaired) electrons. The number of hydrogen-bond donors (Lipinski definition) is 1. The molecule has 6 heteroatoms. The molecule has 1 aromatic carbocycles. The molecule has 2 N–H and O–H groups in total. The van der Waals surface area contributed by atoms with E-state index < -0.39 is 10.0 Å². The standard InChI is InChI=1S/C15H20N2O2S2/c1-11-9-13(16)6-7-15(11)21(18,19)17(3)12(2)10-14-5-4-8-20-14/h4-9,12H,10,16H2,1-3H3. The van der Waals surface area contributed by atoms with Crippen molar-refractivity contribution in [3.63, 3.8) is 0 Å². The number of rotatable bonds is 5. The molecule has 0 saturated carbocycles. The normalized spacial score (nSPS) is 13.5. The summed E-state index contributed by atoms with van der Waals surface area (Å²) >= 11 is 1.64. The smallest absolute Gasteiger partial charge is 0.243 e. The van der Waals surface area contributed by atoms with Gasteiger partial charge in [0.25, 0.3) is 0 Å². The Morgan fingerprint density at radius 1 is 1.33 bits per heavy atom. The van der Waals surface area contributed by atoms with Gasteiger partial charge in [-0.2, -0.15) is 4.31 Å². The Hall–Kier alpha value is -1.37. The molecule has 114 valence electrons. The summed E-state index contributed by atoms with van der Waals surface area (Å²) in [4.78, 5) is 1.50. The topological polar surface area (TPSA) is 63.4 Å². The number of anilines is 1. The van der Waals surface area contributed by atoms with Gasteiger partial charge in [0, 0.05) is 23.7 Å². The molecule has 1 heterocycles. The summed E-state index contributed by atoms with van der Waals surface area (Å²) in [6, 6.07) is 8.78. The summed E-state index contributed by atoms with van der Waals surface area (Å²) in [5.41, 5.74) is 6.93. The first kappa shape index (κ1) is 16.0. The fourth-order valence-electron chi connectivity index (χ4n) is 2.20. The molecule has 0 amide bonds. The lowest BCUT2D eigenvalue weighted by molar-refractivity contribution is 0.388. The van der Waals surface area contributed by atoms with Crippen LogP contribution in [0.2, 0.25) is 0 Å². The van der Waals surface area contributed by atoms with Crippen molar-refractivity contribution in [2.24, 2.45) is 0 Å². The number of sulfonamides is 1. The largest absolute Gasteiger partial charge is 0.399 e. The van der Waals surface area contributed by atoms with Crippen molar-refractivity contribution >= 4 is 27.0 Å². The van der Waals surface area contributed by atoms with E-state index in [4.69, 9.17) is 5.73 Å². The lowest BCUT2D eigenvalue weighted by Crippen LogP contribution is -2.36. The average Bonchev–Trinajstić information content (AvgIpc) is 2.90. The third kappa shape index (κ3) is 3.45. The first-order valence-corrected chi connectivity index (χ1v) is 9.01. The lowest BCUT2D eigenvalue weighted by Gasteiger charge is -2.24. The molecule has 21 heavy (non-hydrogen) atoms. The molecule has 0 fully saturated rings. The monoisotopic (exact) mass is 324 g/mol. The van der Waals surface area contributed by atoms with Gasteiger partial charge in [-0.05, 0) is 55.5 Å². The molecule has 0 aliphatic rings. The van der Waals surface area contributed by atoms with Gasteiger partial charge in [0.15, 0.2) is 0 Å². The Labute approximate surface area is 130 Å². The molecule has 1 unspecified atom stereocenters. The Bertz CT molecular complexity index is 709.